The van der Waals surface area contributed by atoms with Gasteiger partial charge in [0.05, 0.1) is 19.4 Å². The Hall–Kier alpha value is -1.19. The van der Waals surface area contributed by atoms with Gasteiger partial charge in [-0.2, -0.15) is 0 Å². The SMILES string of the molecule is C1=COC(C2=NCCN2)CN1. The van der Waals surface area contributed by atoms with E-state index in [0.29, 0.717) is 0 Å². The third-order valence-electron chi connectivity index (χ3n) is 1.74. The molecule has 0 aromatic rings. The number of hydrogen-bond donors (Lipinski definition) is 2. The predicted molar refractivity (Wildman–Crippen MR) is 42.3 cm³/mol. The minimum Gasteiger partial charge on any atom is -0.487 e. The standard InChI is InChI=1S/C7H11N3O/c1-2-10-7(9-1)6-5-8-3-4-11-6/h3-4,6,8H,1-2,5H2,(H,9,10). The monoisotopic (exact) mass is 153 g/mol. The molecule has 2 aliphatic heterocycles. The molecule has 0 fully saturated rings. The molecule has 0 aromatic heterocycles. The Bertz CT molecular complexity index is 200. The van der Waals surface area contributed by atoms with Crippen molar-refractivity contribution in [3.63, 3.8) is 0 Å². The molecule has 2 aliphatic rings. The minimum atomic E-state index is 0.0856. The maximum Gasteiger partial charge on any atom is 0.171 e. The van der Waals surface area contributed by atoms with Crippen molar-refractivity contribution in [2.75, 3.05) is 19.6 Å². The van der Waals surface area contributed by atoms with Crippen molar-refractivity contribution in [3.05, 3.63) is 12.5 Å². The maximum atomic E-state index is 5.33. The van der Waals surface area contributed by atoms with Gasteiger partial charge in [-0.3, -0.25) is 4.99 Å². The first kappa shape index (κ1) is 6.52. The lowest BCUT2D eigenvalue weighted by molar-refractivity contribution is 0.185. The van der Waals surface area contributed by atoms with Gasteiger partial charge in [0.2, 0.25) is 0 Å². The molecule has 0 amide bonds. The quantitative estimate of drug-likeness (QED) is 0.531. The molecule has 0 saturated carbocycles. The normalized spacial score (nSPS) is 28.4. The fourth-order valence-corrected chi connectivity index (χ4v) is 1.20. The van der Waals surface area contributed by atoms with Crippen LogP contribution in [0.3, 0.4) is 0 Å². The summed E-state index contributed by atoms with van der Waals surface area (Å²) in [6.45, 7) is 2.63. The van der Waals surface area contributed by atoms with Gasteiger partial charge in [0.1, 0.15) is 5.84 Å². The zero-order chi connectivity index (χ0) is 7.52. The van der Waals surface area contributed by atoms with Crippen LogP contribution < -0.4 is 10.6 Å². The summed E-state index contributed by atoms with van der Waals surface area (Å²) in [5.74, 6) is 0.974. The van der Waals surface area contributed by atoms with Crippen LogP contribution in [0.4, 0.5) is 0 Å². The van der Waals surface area contributed by atoms with E-state index in [1.54, 1.807) is 12.5 Å². The van der Waals surface area contributed by atoms with Crippen LogP contribution in [0, 0.1) is 0 Å². The van der Waals surface area contributed by atoms with Crippen molar-refractivity contribution in [2.24, 2.45) is 4.99 Å². The third kappa shape index (κ3) is 1.29. The summed E-state index contributed by atoms with van der Waals surface area (Å²) >= 11 is 0. The fraction of sp³-hybridized carbons (Fsp3) is 0.571. The molecule has 0 spiro atoms. The first-order valence-electron chi connectivity index (χ1n) is 3.79. The third-order valence-corrected chi connectivity index (χ3v) is 1.74. The van der Waals surface area contributed by atoms with Crippen LogP contribution >= 0.6 is 0 Å². The van der Waals surface area contributed by atoms with Crippen molar-refractivity contribution in [2.45, 2.75) is 6.10 Å². The van der Waals surface area contributed by atoms with Crippen molar-refractivity contribution in [1.29, 1.82) is 0 Å². The van der Waals surface area contributed by atoms with E-state index in [1.807, 2.05) is 0 Å². The summed E-state index contributed by atoms with van der Waals surface area (Å²) in [6, 6.07) is 0. The van der Waals surface area contributed by atoms with Crippen molar-refractivity contribution in [3.8, 4) is 0 Å². The zero-order valence-electron chi connectivity index (χ0n) is 6.21. The second-order valence-corrected chi connectivity index (χ2v) is 2.53. The molecule has 0 aromatic carbocycles. The fourth-order valence-electron chi connectivity index (χ4n) is 1.20. The summed E-state index contributed by atoms with van der Waals surface area (Å²) < 4.78 is 5.33. The van der Waals surface area contributed by atoms with Gasteiger partial charge in [0.25, 0.3) is 0 Å². The predicted octanol–water partition coefficient (Wildman–Crippen LogP) is -0.552. The molecule has 4 nitrogen and oxygen atoms in total. The van der Waals surface area contributed by atoms with E-state index >= 15 is 0 Å². The summed E-state index contributed by atoms with van der Waals surface area (Å²) in [4.78, 5) is 4.27. The van der Waals surface area contributed by atoms with Crippen molar-refractivity contribution in [1.82, 2.24) is 10.6 Å². The topological polar surface area (TPSA) is 45.6 Å². The van der Waals surface area contributed by atoms with E-state index < -0.39 is 0 Å². The average Bonchev–Trinajstić information content (AvgIpc) is 2.58. The van der Waals surface area contributed by atoms with Crippen molar-refractivity contribution >= 4 is 5.84 Å². The van der Waals surface area contributed by atoms with Gasteiger partial charge in [0.15, 0.2) is 6.10 Å². The van der Waals surface area contributed by atoms with Gasteiger partial charge in [-0.05, 0) is 0 Å². The number of rotatable bonds is 1. The number of nitrogens with one attached hydrogen (secondary N) is 2. The van der Waals surface area contributed by atoms with E-state index in [4.69, 9.17) is 4.74 Å². The van der Waals surface area contributed by atoms with E-state index in [9.17, 15) is 0 Å². The second kappa shape index (κ2) is 2.82. The Kier molecular flexibility index (Phi) is 1.67. The first-order chi connectivity index (χ1) is 5.47. The van der Waals surface area contributed by atoms with Gasteiger partial charge < -0.3 is 15.4 Å². The number of ether oxygens (including phenoxy) is 1. The molecular formula is C7H11N3O. The molecule has 4 heteroatoms. The number of amidine groups is 1. The lowest BCUT2D eigenvalue weighted by Gasteiger charge is -2.20. The molecule has 2 heterocycles. The van der Waals surface area contributed by atoms with Crippen LogP contribution in [0.15, 0.2) is 17.5 Å². The highest BCUT2D eigenvalue weighted by Crippen LogP contribution is 2.01. The summed E-state index contributed by atoms with van der Waals surface area (Å²) in [5, 5.41) is 6.26. The molecule has 60 valence electrons. The average molecular weight is 153 g/mol. The van der Waals surface area contributed by atoms with E-state index in [0.717, 1.165) is 25.5 Å². The Morgan fingerprint density at radius 3 is 3.27 bits per heavy atom. The Morgan fingerprint density at radius 1 is 1.64 bits per heavy atom. The minimum absolute atomic E-state index is 0.0856. The smallest absolute Gasteiger partial charge is 0.171 e. The molecule has 0 bridgehead atoms. The lowest BCUT2D eigenvalue weighted by atomic mass is 10.3. The van der Waals surface area contributed by atoms with Crippen LogP contribution in [0.2, 0.25) is 0 Å². The van der Waals surface area contributed by atoms with Gasteiger partial charge in [-0.15, -0.1) is 0 Å². The molecular weight excluding hydrogens is 142 g/mol. The lowest BCUT2D eigenvalue weighted by Crippen LogP contribution is -2.40. The van der Waals surface area contributed by atoms with E-state index in [-0.39, 0.29) is 6.10 Å². The van der Waals surface area contributed by atoms with Crippen LogP contribution in [-0.4, -0.2) is 31.6 Å². The summed E-state index contributed by atoms with van der Waals surface area (Å²) in [6.07, 6.45) is 3.55. The Labute approximate surface area is 65.3 Å². The first-order valence-corrected chi connectivity index (χ1v) is 3.79. The molecule has 1 atom stereocenters. The molecule has 11 heavy (non-hydrogen) atoms. The highest BCUT2D eigenvalue weighted by molar-refractivity contribution is 5.88. The Balaban J connectivity index is 1.98. The van der Waals surface area contributed by atoms with Crippen LogP contribution in [0.25, 0.3) is 0 Å². The molecule has 0 radical (unpaired) electrons. The van der Waals surface area contributed by atoms with E-state index in [1.165, 1.54) is 0 Å². The highest BCUT2D eigenvalue weighted by Gasteiger charge is 2.19. The number of hydrogen-bond acceptors (Lipinski definition) is 4. The molecule has 2 N–H and O–H groups in total. The number of nitrogens with zero attached hydrogens (tertiary/aromatic N) is 1. The highest BCUT2D eigenvalue weighted by atomic mass is 16.5. The molecule has 1 unspecified atom stereocenters. The van der Waals surface area contributed by atoms with Gasteiger partial charge in [-0.25, -0.2) is 0 Å². The zero-order valence-corrected chi connectivity index (χ0v) is 6.21. The van der Waals surface area contributed by atoms with Crippen LogP contribution in [0.1, 0.15) is 0 Å². The largest absolute Gasteiger partial charge is 0.487 e. The van der Waals surface area contributed by atoms with Gasteiger partial charge >= 0.3 is 0 Å². The summed E-state index contributed by atoms with van der Waals surface area (Å²) in [7, 11) is 0. The molecule has 0 saturated heterocycles. The van der Waals surface area contributed by atoms with E-state index in [2.05, 4.69) is 15.6 Å². The molecule has 2 rings (SSSR count). The van der Waals surface area contributed by atoms with Crippen LogP contribution in [0.5, 0.6) is 0 Å². The maximum absolute atomic E-state index is 5.33. The van der Waals surface area contributed by atoms with Gasteiger partial charge in [0, 0.05) is 12.7 Å². The number of aliphatic imine (C=N–C) groups is 1. The summed E-state index contributed by atoms with van der Waals surface area (Å²) in [5.41, 5.74) is 0. The van der Waals surface area contributed by atoms with Crippen molar-refractivity contribution < 1.29 is 4.74 Å². The second-order valence-electron chi connectivity index (χ2n) is 2.53. The Morgan fingerprint density at radius 2 is 2.64 bits per heavy atom. The molecule has 0 aliphatic carbocycles. The van der Waals surface area contributed by atoms with Gasteiger partial charge in [-0.1, -0.05) is 0 Å². The van der Waals surface area contributed by atoms with Crippen LogP contribution in [-0.2, 0) is 4.74 Å².